The van der Waals surface area contributed by atoms with Gasteiger partial charge in [-0.2, -0.15) is 0 Å². The average molecular weight is 462 g/mol. The highest BCUT2D eigenvalue weighted by molar-refractivity contribution is 5.83. The van der Waals surface area contributed by atoms with E-state index in [-0.39, 0.29) is 25.5 Å². The van der Waals surface area contributed by atoms with Crippen molar-refractivity contribution in [2.75, 3.05) is 13.6 Å². The standard InChI is InChI=1S/C26H27N3O5/c1-29(18-24(30)28-17-21-12-14-27-15-13-21)26(32)34-23(16-20-8-4-2-5-9-20)25(31)33-19-22-10-6-3-7-11-22/h2-15,23H,16-19H2,1H3,(H,28,30)/t23-/m0/s1. The average Bonchev–Trinajstić information content (AvgIpc) is 2.87. The highest BCUT2D eigenvalue weighted by atomic mass is 16.6. The molecule has 8 nitrogen and oxygen atoms in total. The molecule has 1 heterocycles. The van der Waals surface area contributed by atoms with Crippen LogP contribution in [0.3, 0.4) is 0 Å². The molecule has 176 valence electrons. The summed E-state index contributed by atoms with van der Waals surface area (Å²) in [6.45, 7) is 0.156. The second-order valence-corrected chi connectivity index (χ2v) is 7.64. The minimum Gasteiger partial charge on any atom is -0.458 e. The number of benzene rings is 2. The molecule has 0 aliphatic carbocycles. The molecule has 1 atom stereocenters. The number of aromatic nitrogens is 1. The topological polar surface area (TPSA) is 97.8 Å². The van der Waals surface area contributed by atoms with Crippen molar-refractivity contribution >= 4 is 18.0 Å². The van der Waals surface area contributed by atoms with Gasteiger partial charge in [0.1, 0.15) is 13.2 Å². The van der Waals surface area contributed by atoms with Crippen molar-refractivity contribution < 1.29 is 23.9 Å². The van der Waals surface area contributed by atoms with Gasteiger partial charge in [-0.1, -0.05) is 60.7 Å². The van der Waals surface area contributed by atoms with Crippen LogP contribution in [0.2, 0.25) is 0 Å². The number of carbonyl (C=O) groups excluding carboxylic acids is 3. The predicted molar refractivity (Wildman–Crippen MR) is 125 cm³/mol. The molecule has 0 bridgehead atoms. The molecule has 3 aromatic rings. The summed E-state index contributed by atoms with van der Waals surface area (Å²) < 4.78 is 10.8. The normalized spacial score (nSPS) is 11.2. The Hall–Kier alpha value is -4.20. The van der Waals surface area contributed by atoms with Crippen LogP contribution in [-0.4, -0.2) is 47.6 Å². The molecule has 0 unspecified atom stereocenters. The number of carbonyl (C=O) groups is 3. The fraction of sp³-hybridized carbons (Fsp3) is 0.231. The number of pyridine rings is 1. The van der Waals surface area contributed by atoms with Crippen molar-refractivity contribution in [1.82, 2.24) is 15.2 Å². The summed E-state index contributed by atoms with van der Waals surface area (Å²) in [5.41, 5.74) is 2.52. The molecule has 1 aromatic heterocycles. The Balaban J connectivity index is 1.56. The van der Waals surface area contributed by atoms with Crippen LogP contribution in [0.15, 0.2) is 85.2 Å². The third-order valence-electron chi connectivity index (χ3n) is 4.93. The third-order valence-corrected chi connectivity index (χ3v) is 4.93. The summed E-state index contributed by atoms with van der Waals surface area (Å²) in [4.78, 5) is 42.7. The molecule has 0 radical (unpaired) electrons. The van der Waals surface area contributed by atoms with Gasteiger partial charge in [-0.05, 0) is 28.8 Å². The third kappa shape index (κ3) is 8.05. The first-order valence-electron chi connectivity index (χ1n) is 10.8. The Morgan fingerprint density at radius 1 is 0.882 bits per heavy atom. The number of nitrogens with zero attached hydrogens (tertiary/aromatic N) is 2. The van der Waals surface area contributed by atoms with Gasteiger partial charge in [0, 0.05) is 32.4 Å². The summed E-state index contributed by atoms with van der Waals surface area (Å²) >= 11 is 0. The molecule has 0 saturated heterocycles. The summed E-state index contributed by atoms with van der Waals surface area (Å²) in [5.74, 6) is -1.01. The first-order chi connectivity index (χ1) is 16.5. The number of rotatable bonds is 10. The number of esters is 1. The van der Waals surface area contributed by atoms with E-state index >= 15 is 0 Å². The number of amides is 2. The van der Waals surface area contributed by atoms with Crippen LogP contribution in [0.5, 0.6) is 0 Å². The van der Waals surface area contributed by atoms with Crippen LogP contribution < -0.4 is 5.32 Å². The molecule has 0 saturated carbocycles. The molecule has 1 N–H and O–H groups in total. The van der Waals surface area contributed by atoms with E-state index in [1.54, 1.807) is 24.5 Å². The van der Waals surface area contributed by atoms with Gasteiger partial charge in [0.05, 0.1) is 0 Å². The fourth-order valence-electron chi connectivity index (χ4n) is 3.07. The van der Waals surface area contributed by atoms with E-state index in [0.29, 0.717) is 6.54 Å². The molecule has 3 rings (SSSR count). The van der Waals surface area contributed by atoms with E-state index in [1.165, 1.54) is 7.05 Å². The van der Waals surface area contributed by atoms with Crippen LogP contribution in [0.1, 0.15) is 16.7 Å². The molecular weight excluding hydrogens is 434 g/mol. The lowest BCUT2D eigenvalue weighted by Gasteiger charge is -2.21. The van der Waals surface area contributed by atoms with Crippen LogP contribution >= 0.6 is 0 Å². The maximum Gasteiger partial charge on any atom is 0.410 e. The molecule has 34 heavy (non-hydrogen) atoms. The Labute approximate surface area is 198 Å². The van der Waals surface area contributed by atoms with Gasteiger partial charge in [0.15, 0.2) is 0 Å². The zero-order valence-corrected chi connectivity index (χ0v) is 18.9. The molecule has 2 amide bonds. The summed E-state index contributed by atoms with van der Waals surface area (Å²) in [6.07, 6.45) is 1.48. The second kappa shape index (κ2) is 12.7. The number of hydrogen-bond donors (Lipinski definition) is 1. The van der Waals surface area contributed by atoms with Crippen molar-refractivity contribution in [1.29, 1.82) is 0 Å². The number of likely N-dealkylation sites (N-methyl/N-ethyl adjacent to an activating group) is 1. The minimum absolute atomic E-state index is 0.0652. The van der Waals surface area contributed by atoms with Crippen molar-refractivity contribution in [2.24, 2.45) is 0 Å². The van der Waals surface area contributed by atoms with Crippen molar-refractivity contribution in [3.05, 3.63) is 102 Å². The van der Waals surface area contributed by atoms with Gasteiger partial charge in [-0.15, -0.1) is 0 Å². The van der Waals surface area contributed by atoms with Crippen LogP contribution in [0.4, 0.5) is 4.79 Å². The smallest absolute Gasteiger partial charge is 0.410 e. The van der Waals surface area contributed by atoms with Crippen LogP contribution in [0, 0.1) is 0 Å². The number of nitrogens with one attached hydrogen (secondary N) is 1. The molecule has 0 aliphatic heterocycles. The minimum atomic E-state index is -1.15. The zero-order chi connectivity index (χ0) is 24.2. The molecule has 0 aliphatic rings. The summed E-state index contributed by atoms with van der Waals surface area (Å²) in [5, 5.41) is 2.73. The molecule has 8 heteroatoms. The Kier molecular flexibility index (Phi) is 9.16. The summed E-state index contributed by atoms with van der Waals surface area (Å²) in [6, 6.07) is 22.0. The maximum atomic E-state index is 12.8. The molecular formula is C26H27N3O5. The van der Waals surface area contributed by atoms with Crippen molar-refractivity contribution in [2.45, 2.75) is 25.7 Å². The lowest BCUT2D eigenvalue weighted by Crippen LogP contribution is -2.41. The SMILES string of the molecule is CN(CC(=O)NCc1ccncc1)C(=O)O[C@@H](Cc1ccccc1)C(=O)OCc1ccccc1. The van der Waals surface area contributed by atoms with E-state index in [2.05, 4.69) is 10.3 Å². The predicted octanol–water partition coefficient (Wildman–Crippen LogP) is 3.12. The van der Waals surface area contributed by atoms with Gasteiger partial charge in [-0.25, -0.2) is 9.59 Å². The van der Waals surface area contributed by atoms with E-state index in [4.69, 9.17) is 9.47 Å². The first-order valence-corrected chi connectivity index (χ1v) is 10.8. The van der Waals surface area contributed by atoms with Gasteiger partial charge in [0.25, 0.3) is 0 Å². The summed E-state index contributed by atoms with van der Waals surface area (Å²) in [7, 11) is 1.43. The monoisotopic (exact) mass is 461 g/mol. The van der Waals surface area contributed by atoms with E-state index < -0.39 is 18.2 Å². The van der Waals surface area contributed by atoms with Gasteiger partial charge >= 0.3 is 12.1 Å². The quantitative estimate of drug-likeness (QED) is 0.466. The molecule has 0 spiro atoms. The second-order valence-electron chi connectivity index (χ2n) is 7.64. The van der Waals surface area contributed by atoms with Crippen molar-refractivity contribution in [3.63, 3.8) is 0 Å². The van der Waals surface area contributed by atoms with Crippen LogP contribution in [0.25, 0.3) is 0 Å². The Morgan fingerprint density at radius 3 is 2.15 bits per heavy atom. The highest BCUT2D eigenvalue weighted by Gasteiger charge is 2.27. The first kappa shape index (κ1) is 24.4. The van der Waals surface area contributed by atoms with E-state index in [0.717, 1.165) is 21.6 Å². The number of ether oxygens (including phenoxy) is 2. The van der Waals surface area contributed by atoms with Crippen LogP contribution in [-0.2, 0) is 38.6 Å². The van der Waals surface area contributed by atoms with Gasteiger partial charge in [0.2, 0.25) is 12.0 Å². The lowest BCUT2D eigenvalue weighted by molar-refractivity contribution is -0.155. The maximum absolute atomic E-state index is 12.8. The van der Waals surface area contributed by atoms with Gasteiger partial charge in [-0.3, -0.25) is 9.78 Å². The highest BCUT2D eigenvalue weighted by Crippen LogP contribution is 2.11. The van der Waals surface area contributed by atoms with Crippen molar-refractivity contribution in [3.8, 4) is 0 Å². The molecule has 0 fully saturated rings. The largest absolute Gasteiger partial charge is 0.458 e. The van der Waals surface area contributed by atoms with E-state index in [9.17, 15) is 14.4 Å². The fourth-order valence-corrected chi connectivity index (χ4v) is 3.07. The molecule has 2 aromatic carbocycles. The lowest BCUT2D eigenvalue weighted by atomic mass is 10.1. The number of hydrogen-bond acceptors (Lipinski definition) is 6. The van der Waals surface area contributed by atoms with E-state index in [1.807, 2.05) is 60.7 Å². The van der Waals surface area contributed by atoms with Gasteiger partial charge < -0.3 is 19.7 Å². The Bertz CT molecular complexity index is 1060. The Morgan fingerprint density at radius 2 is 1.50 bits per heavy atom. The zero-order valence-electron chi connectivity index (χ0n) is 18.9.